The zero-order valence-electron chi connectivity index (χ0n) is 8.14. The van der Waals surface area contributed by atoms with Crippen LogP contribution in [0, 0.1) is 0 Å². The van der Waals surface area contributed by atoms with E-state index in [1.807, 2.05) is 0 Å². The third-order valence-electron chi connectivity index (χ3n) is 1.61. The number of aliphatic hydroxyl groups is 1. The topological polar surface area (TPSA) is 119 Å². The average Bonchev–Trinajstić information content (AvgIpc) is 2.15. The Morgan fingerprint density at radius 3 is 2.29 bits per heavy atom. The van der Waals surface area contributed by atoms with Crippen LogP contribution >= 0.6 is 0 Å². The molecule has 7 heteroatoms. The molecule has 0 aromatic rings. The van der Waals surface area contributed by atoms with E-state index < -0.39 is 18.1 Å². The Bertz CT molecular complexity index is 219. The van der Waals surface area contributed by atoms with Crippen LogP contribution in [0.15, 0.2) is 0 Å². The number of hydrogen-bond acceptors (Lipinski definition) is 6. The van der Waals surface area contributed by atoms with Crippen LogP contribution in [0.1, 0.15) is 13.8 Å². The normalized spacial score (nSPS) is 12.4. The highest BCUT2D eigenvalue weighted by atomic mass is 16.7. The summed E-state index contributed by atoms with van der Waals surface area (Å²) in [4.78, 5) is 26.8. The molecule has 0 aromatic carbocycles. The van der Waals surface area contributed by atoms with Gasteiger partial charge in [0, 0.05) is 6.04 Å². The fraction of sp³-hybridized carbons (Fsp3) is 0.714. The number of rotatable bonds is 4. The van der Waals surface area contributed by atoms with E-state index in [2.05, 4.69) is 10.7 Å². The average molecular weight is 205 g/mol. The molecule has 0 aliphatic heterocycles. The van der Waals surface area contributed by atoms with Crippen LogP contribution in [0.2, 0.25) is 0 Å². The molecule has 0 spiro atoms. The molecule has 0 aliphatic carbocycles. The van der Waals surface area contributed by atoms with E-state index in [1.165, 1.54) is 0 Å². The van der Waals surface area contributed by atoms with Gasteiger partial charge < -0.3 is 20.6 Å². The van der Waals surface area contributed by atoms with Gasteiger partial charge in [-0.1, -0.05) is 0 Å². The first kappa shape index (κ1) is 12.8. The van der Waals surface area contributed by atoms with Gasteiger partial charge in [-0.2, -0.15) is 5.90 Å². The van der Waals surface area contributed by atoms with E-state index in [1.54, 1.807) is 13.8 Å². The molecule has 0 saturated heterocycles. The second-order valence-corrected chi connectivity index (χ2v) is 2.91. The van der Waals surface area contributed by atoms with Crippen molar-refractivity contribution < 1.29 is 19.5 Å². The van der Waals surface area contributed by atoms with E-state index in [-0.39, 0.29) is 12.6 Å². The number of amides is 1. The number of nitrogens with zero attached hydrogens (tertiary/aromatic N) is 1. The molecule has 1 amide bonds. The number of nitrogens with two attached hydrogens (primary N) is 2. The number of carbonyl (C=O) groups is 2. The van der Waals surface area contributed by atoms with E-state index >= 15 is 0 Å². The van der Waals surface area contributed by atoms with Gasteiger partial charge in [-0.15, -0.1) is 0 Å². The van der Waals surface area contributed by atoms with Crippen LogP contribution in [-0.2, 0) is 14.4 Å². The molecule has 0 aliphatic rings. The van der Waals surface area contributed by atoms with Crippen molar-refractivity contribution in [1.29, 1.82) is 0 Å². The van der Waals surface area contributed by atoms with Crippen LogP contribution in [-0.4, -0.2) is 40.7 Å². The first-order valence-corrected chi connectivity index (χ1v) is 4.05. The summed E-state index contributed by atoms with van der Waals surface area (Å²) in [6.45, 7) is 2.95. The van der Waals surface area contributed by atoms with Crippen molar-refractivity contribution in [3.63, 3.8) is 0 Å². The van der Waals surface area contributed by atoms with Crippen LogP contribution in [0.5, 0.6) is 0 Å². The lowest BCUT2D eigenvalue weighted by Gasteiger charge is -2.29. The predicted molar refractivity (Wildman–Crippen MR) is 47.3 cm³/mol. The van der Waals surface area contributed by atoms with Gasteiger partial charge in [-0.25, -0.2) is 4.79 Å². The molecule has 0 aromatic heterocycles. The monoisotopic (exact) mass is 205 g/mol. The van der Waals surface area contributed by atoms with E-state index in [0.29, 0.717) is 0 Å². The Labute approximate surface area is 81.6 Å². The van der Waals surface area contributed by atoms with Crippen LogP contribution in [0.4, 0.5) is 0 Å². The molecule has 1 unspecified atom stereocenters. The van der Waals surface area contributed by atoms with Crippen LogP contribution in [0.3, 0.4) is 0 Å². The SMILES string of the molecule is CC(C)N(C(=O)CN)C(O)C(=O)ON. The fourth-order valence-electron chi connectivity index (χ4n) is 0.987. The molecular weight excluding hydrogens is 190 g/mol. The zero-order chi connectivity index (χ0) is 11.3. The van der Waals surface area contributed by atoms with Gasteiger partial charge >= 0.3 is 5.97 Å². The molecule has 0 saturated carbocycles. The lowest BCUT2D eigenvalue weighted by atomic mass is 10.3. The van der Waals surface area contributed by atoms with Crippen molar-refractivity contribution in [2.75, 3.05) is 6.54 Å². The highest BCUT2D eigenvalue weighted by molar-refractivity contribution is 5.84. The molecule has 7 nitrogen and oxygen atoms in total. The summed E-state index contributed by atoms with van der Waals surface area (Å²) in [7, 11) is 0. The van der Waals surface area contributed by atoms with Gasteiger partial charge in [0.05, 0.1) is 6.54 Å². The molecule has 0 rings (SSSR count). The largest absolute Gasteiger partial charge is 0.374 e. The van der Waals surface area contributed by atoms with E-state index in [0.717, 1.165) is 4.90 Å². The minimum atomic E-state index is -1.71. The van der Waals surface area contributed by atoms with Crippen molar-refractivity contribution in [2.45, 2.75) is 26.1 Å². The maximum absolute atomic E-state index is 11.2. The minimum absolute atomic E-state index is 0.299. The lowest BCUT2D eigenvalue weighted by molar-refractivity contribution is -0.172. The highest BCUT2D eigenvalue weighted by Crippen LogP contribution is 2.04. The summed E-state index contributed by atoms with van der Waals surface area (Å²) in [6.07, 6.45) is -1.71. The maximum atomic E-state index is 11.2. The van der Waals surface area contributed by atoms with E-state index in [9.17, 15) is 14.7 Å². The molecule has 0 heterocycles. The van der Waals surface area contributed by atoms with Gasteiger partial charge in [0.25, 0.3) is 0 Å². The van der Waals surface area contributed by atoms with Crippen molar-refractivity contribution >= 4 is 11.9 Å². The summed E-state index contributed by atoms with van der Waals surface area (Å²) in [5, 5.41) is 9.34. The minimum Gasteiger partial charge on any atom is -0.370 e. The second kappa shape index (κ2) is 5.53. The quantitative estimate of drug-likeness (QED) is 0.358. The Hall–Kier alpha value is -1.18. The molecule has 14 heavy (non-hydrogen) atoms. The van der Waals surface area contributed by atoms with Gasteiger partial charge in [0.15, 0.2) is 0 Å². The third-order valence-corrected chi connectivity index (χ3v) is 1.61. The maximum Gasteiger partial charge on any atom is 0.374 e. The van der Waals surface area contributed by atoms with Gasteiger partial charge in [0.1, 0.15) is 0 Å². The zero-order valence-corrected chi connectivity index (χ0v) is 8.14. The lowest BCUT2D eigenvalue weighted by Crippen LogP contribution is -2.51. The molecule has 82 valence electrons. The number of carbonyl (C=O) groups excluding carboxylic acids is 2. The summed E-state index contributed by atoms with van der Waals surface area (Å²) >= 11 is 0. The van der Waals surface area contributed by atoms with Crippen molar-refractivity contribution in [2.24, 2.45) is 11.6 Å². The Morgan fingerprint density at radius 1 is 1.50 bits per heavy atom. The third kappa shape index (κ3) is 2.95. The smallest absolute Gasteiger partial charge is 0.370 e. The first-order chi connectivity index (χ1) is 6.45. The first-order valence-electron chi connectivity index (χ1n) is 4.05. The van der Waals surface area contributed by atoms with Gasteiger partial charge in [-0.3, -0.25) is 4.79 Å². The predicted octanol–water partition coefficient (Wildman–Crippen LogP) is -2.08. The molecule has 0 fully saturated rings. The second-order valence-electron chi connectivity index (χ2n) is 2.91. The highest BCUT2D eigenvalue weighted by Gasteiger charge is 2.30. The van der Waals surface area contributed by atoms with E-state index in [4.69, 9.17) is 5.73 Å². The Balaban J connectivity index is 4.65. The molecule has 0 radical (unpaired) electrons. The molecular formula is C7H15N3O4. The summed E-state index contributed by atoms with van der Waals surface area (Å²) in [5.41, 5.74) is 5.10. The van der Waals surface area contributed by atoms with Crippen molar-refractivity contribution in [3.8, 4) is 0 Å². The summed E-state index contributed by atoms with van der Waals surface area (Å²) in [5.74, 6) is 2.92. The summed E-state index contributed by atoms with van der Waals surface area (Å²) in [6, 6.07) is -0.375. The standard InChI is InChI=1S/C7H15N3O4/c1-4(2)10(5(11)3-8)6(12)7(13)14-9/h4,6,12H,3,8-9H2,1-2H3. The fourth-order valence-corrected chi connectivity index (χ4v) is 0.987. The summed E-state index contributed by atoms with van der Waals surface area (Å²) < 4.78 is 0. The number of aliphatic hydroxyl groups excluding tert-OH is 1. The van der Waals surface area contributed by atoms with Crippen LogP contribution in [0.25, 0.3) is 0 Å². The van der Waals surface area contributed by atoms with Crippen LogP contribution < -0.4 is 11.6 Å². The molecule has 5 N–H and O–H groups in total. The Morgan fingerprint density at radius 2 is 2.00 bits per heavy atom. The van der Waals surface area contributed by atoms with Crippen molar-refractivity contribution in [1.82, 2.24) is 4.90 Å². The number of hydrogen-bond donors (Lipinski definition) is 3. The molecule has 1 atom stereocenters. The Kier molecular flexibility index (Phi) is 5.06. The molecule has 0 bridgehead atoms. The van der Waals surface area contributed by atoms with Gasteiger partial charge in [0.2, 0.25) is 12.1 Å². The van der Waals surface area contributed by atoms with Gasteiger partial charge in [-0.05, 0) is 13.8 Å². The van der Waals surface area contributed by atoms with Crippen molar-refractivity contribution in [3.05, 3.63) is 0 Å².